The zero-order valence-corrected chi connectivity index (χ0v) is 15.5. The van der Waals surface area contributed by atoms with E-state index >= 15 is 0 Å². The van der Waals surface area contributed by atoms with Crippen LogP contribution in [0.1, 0.15) is 39.2 Å². The fourth-order valence-electron chi connectivity index (χ4n) is 3.03. The van der Waals surface area contributed by atoms with E-state index in [0.717, 1.165) is 0 Å². The highest BCUT2D eigenvalue weighted by Gasteiger charge is 2.29. The van der Waals surface area contributed by atoms with Gasteiger partial charge < -0.3 is 34.8 Å². The Hall–Kier alpha value is -1.77. The van der Waals surface area contributed by atoms with Crippen molar-refractivity contribution in [2.24, 2.45) is 4.40 Å². The number of carbonyl (C=O) groups is 1. The number of likely N-dealkylation sites (tertiary alicyclic amines) is 1. The summed E-state index contributed by atoms with van der Waals surface area (Å²) in [5, 5.41) is 2.88. The fraction of sp³-hybridized carbons (Fsp3) is 0.529. The number of amidine groups is 1. The molecule has 0 spiro atoms. The Bertz CT molecular complexity index is 691. The summed E-state index contributed by atoms with van der Waals surface area (Å²) in [6.07, 6.45) is 0.998. The van der Waals surface area contributed by atoms with Gasteiger partial charge in [-0.25, -0.2) is 9.19 Å². The quantitative estimate of drug-likeness (QED) is 0.825. The van der Waals surface area contributed by atoms with Crippen LogP contribution in [0.2, 0.25) is 0 Å². The molecule has 1 saturated heterocycles. The van der Waals surface area contributed by atoms with Gasteiger partial charge in [0.1, 0.15) is 5.60 Å². The number of nitrogens with zero attached hydrogens (tertiary/aromatic N) is 2. The number of rotatable bonds is 1. The third kappa shape index (κ3) is 4.08. The summed E-state index contributed by atoms with van der Waals surface area (Å²) < 4.78 is 33.5. The number of alkyl carbamates (subject to hydrolysis) is 1. The summed E-state index contributed by atoms with van der Waals surface area (Å²) in [5.74, 6) is 0.506. The average molecular weight is 365 g/mol. The van der Waals surface area contributed by atoms with Gasteiger partial charge in [0.25, 0.3) is 0 Å². The van der Waals surface area contributed by atoms with E-state index in [1.807, 2.05) is 31.7 Å². The predicted molar refractivity (Wildman–Crippen MR) is 94.4 cm³/mol. The molecule has 1 N–H and O–H groups in total. The van der Waals surface area contributed by atoms with E-state index < -0.39 is 22.5 Å². The lowest BCUT2D eigenvalue weighted by Crippen LogP contribution is -2.47. The Kier molecular flexibility index (Phi) is 4.70. The summed E-state index contributed by atoms with van der Waals surface area (Å²) in [7, 11) is -3.60. The third-order valence-corrected chi connectivity index (χ3v) is 5.45. The Morgan fingerprint density at radius 3 is 2.56 bits per heavy atom. The van der Waals surface area contributed by atoms with Crippen molar-refractivity contribution in [3.8, 4) is 0 Å². The van der Waals surface area contributed by atoms with Gasteiger partial charge in [-0.15, -0.1) is 0 Å². The van der Waals surface area contributed by atoms with Gasteiger partial charge in [-0.1, -0.05) is 12.1 Å². The molecule has 0 saturated carbocycles. The van der Waals surface area contributed by atoms with Crippen molar-refractivity contribution in [1.29, 1.82) is 0 Å². The Morgan fingerprint density at radius 1 is 1.28 bits per heavy atom. The minimum Gasteiger partial charge on any atom is -0.778 e. The smallest absolute Gasteiger partial charge is 0.407 e. The van der Waals surface area contributed by atoms with Gasteiger partial charge in [-0.2, -0.15) is 0 Å². The third-order valence-electron chi connectivity index (χ3n) is 4.13. The number of benzene rings is 1. The molecule has 1 aromatic rings. The van der Waals surface area contributed by atoms with Crippen LogP contribution in [0, 0.1) is 0 Å². The van der Waals surface area contributed by atoms with Crippen LogP contribution in [-0.4, -0.2) is 50.7 Å². The van der Waals surface area contributed by atoms with Gasteiger partial charge in [-0.05, 0) is 45.7 Å². The largest absolute Gasteiger partial charge is 0.778 e. The van der Waals surface area contributed by atoms with E-state index in [9.17, 15) is 13.9 Å². The van der Waals surface area contributed by atoms with Gasteiger partial charge in [0.2, 0.25) is 0 Å². The van der Waals surface area contributed by atoms with E-state index in [4.69, 9.17) is 4.74 Å². The number of ether oxygens (including phenoxy) is 1. The van der Waals surface area contributed by atoms with E-state index in [-0.39, 0.29) is 10.9 Å². The summed E-state index contributed by atoms with van der Waals surface area (Å²) in [4.78, 5) is 14.1. The molecule has 1 amide bonds. The first-order chi connectivity index (χ1) is 11.7. The molecule has 2 aliphatic rings. The number of hydrogen-bond acceptors (Lipinski definition) is 6. The molecular weight excluding hydrogens is 342 g/mol. The molecule has 3 rings (SSSR count). The van der Waals surface area contributed by atoms with Crippen LogP contribution in [0.4, 0.5) is 4.79 Å². The molecule has 2 heterocycles. The van der Waals surface area contributed by atoms with Crippen molar-refractivity contribution in [1.82, 2.24) is 10.2 Å². The number of carbonyl (C=O) groups excluding carboxylic acids is 1. The van der Waals surface area contributed by atoms with Crippen molar-refractivity contribution in [2.45, 2.75) is 50.2 Å². The van der Waals surface area contributed by atoms with Gasteiger partial charge in [-0.3, -0.25) is 0 Å². The van der Waals surface area contributed by atoms with Gasteiger partial charge in [0.05, 0.1) is 0 Å². The predicted octanol–water partition coefficient (Wildman–Crippen LogP) is 2.78. The number of fused-ring (bicyclic) bond motifs is 1. The lowest BCUT2D eigenvalue weighted by Gasteiger charge is -2.52. The zero-order chi connectivity index (χ0) is 18.2. The molecule has 0 aliphatic carbocycles. The molecular formula is C17H23N3O4S-2. The number of nitrogens with one attached hydrogen (secondary N) is 1. The van der Waals surface area contributed by atoms with Crippen LogP contribution in [0.3, 0.4) is 0 Å². The molecule has 1 fully saturated rings. The van der Waals surface area contributed by atoms with Crippen LogP contribution in [0.15, 0.2) is 33.6 Å². The lowest BCUT2D eigenvalue weighted by molar-refractivity contribution is 0.0488. The molecule has 1 aromatic carbocycles. The Balaban J connectivity index is 1.61. The number of sulfonamides is 1. The highest BCUT2D eigenvalue weighted by atomic mass is 32.3. The molecule has 0 unspecified atom stereocenters. The SMILES string of the molecule is CC(C)(C)OC(=O)NC1CCN(C2=NS([O-])([O-])c3ccccc32)CC1. The second-order valence-corrected chi connectivity index (χ2v) is 8.87. The number of amides is 1. The van der Waals surface area contributed by atoms with Crippen molar-refractivity contribution < 1.29 is 18.6 Å². The van der Waals surface area contributed by atoms with Crippen molar-refractivity contribution in [3.05, 3.63) is 29.8 Å². The van der Waals surface area contributed by atoms with Crippen molar-refractivity contribution in [3.63, 3.8) is 0 Å². The van der Waals surface area contributed by atoms with Crippen molar-refractivity contribution >= 4 is 22.7 Å². The highest BCUT2D eigenvalue weighted by molar-refractivity contribution is 8.23. The number of hydrogen-bond donors (Lipinski definition) is 1. The summed E-state index contributed by atoms with van der Waals surface area (Å²) in [6.45, 7) is 6.73. The van der Waals surface area contributed by atoms with Crippen LogP contribution in [0.5, 0.6) is 0 Å². The molecule has 7 nitrogen and oxygen atoms in total. The molecule has 138 valence electrons. The molecule has 0 bridgehead atoms. The van der Waals surface area contributed by atoms with E-state index in [1.165, 1.54) is 0 Å². The Morgan fingerprint density at radius 2 is 1.92 bits per heavy atom. The second kappa shape index (κ2) is 6.51. The maximum absolute atomic E-state index is 12.2. The standard InChI is InChI=1S/C17H25N3O4S/c1-17(2,3)24-16(21)18-12-8-10-20(11-9-12)15-13-6-4-5-7-14(13)25(22,23)19-15/h4-7,12,22-23H,8-11H2,1-3H3,(H,18,21)/p-2. The zero-order valence-electron chi connectivity index (χ0n) is 14.7. The molecule has 8 heteroatoms. The molecule has 0 radical (unpaired) electrons. The lowest BCUT2D eigenvalue weighted by atomic mass is 10.0. The van der Waals surface area contributed by atoms with E-state index in [2.05, 4.69) is 9.71 Å². The van der Waals surface area contributed by atoms with Gasteiger partial charge >= 0.3 is 6.09 Å². The summed E-state index contributed by atoms with van der Waals surface area (Å²) >= 11 is 0. The van der Waals surface area contributed by atoms with Crippen LogP contribution in [0.25, 0.3) is 0 Å². The molecule has 0 atom stereocenters. The fourth-order valence-corrected chi connectivity index (χ4v) is 4.25. The van der Waals surface area contributed by atoms with Crippen LogP contribution in [-0.2, 0) is 4.74 Å². The maximum atomic E-state index is 12.2. The first-order valence-electron chi connectivity index (χ1n) is 8.34. The highest BCUT2D eigenvalue weighted by Crippen LogP contribution is 2.55. The Labute approximate surface area is 149 Å². The monoisotopic (exact) mass is 365 g/mol. The minimum absolute atomic E-state index is 0.0138. The van der Waals surface area contributed by atoms with E-state index in [1.54, 1.807) is 18.2 Å². The normalized spacial score (nSPS) is 21.3. The first-order valence-corrected chi connectivity index (χ1v) is 9.78. The number of piperidine rings is 1. The van der Waals surface area contributed by atoms with E-state index in [0.29, 0.717) is 37.3 Å². The second-order valence-electron chi connectivity index (χ2n) is 7.29. The average Bonchev–Trinajstić information content (AvgIpc) is 2.78. The molecule has 2 aliphatic heterocycles. The summed E-state index contributed by atoms with van der Waals surface area (Å²) in [6, 6.07) is 6.89. The first kappa shape index (κ1) is 18.0. The van der Waals surface area contributed by atoms with Crippen LogP contribution >= 0.6 is 10.8 Å². The minimum atomic E-state index is -3.60. The van der Waals surface area contributed by atoms with Crippen LogP contribution < -0.4 is 5.32 Å². The van der Waals surface area contributed by atoms with Gasteiger partial charge in [0, 0.05) is 29.6 Å². The topological polar surface area (TPSA) is 100 Å². The van der Waals surface area contributed by atoms with Crippen molar-refractivity contribution in [2.75, 3.05) is 13.1 Å². The summed E-state index contributed by atoms with van der Waals surface area (Å²) in [5.41, 5.74) is 0.127. The van der Waals surface area contributed by atoms with Gasteiger partial charge in [0.15, 0.2) is 5.84 Å². The maximum Gasteiger partial charge on any atom is 0.407 e. The molecule has 25 heavy (non-hydrogen) atoms. The molecule has 0 aromatic heterocycles.